The van der Waals surface area contributed by atoms with Crippen LogP contribution in [0.5, 0.6) is 5.75 Å². The first-order valence-electron chi connectivity index (χ1n) is 7.97. The van der Waals surface area contributed by atoms with Gasteiger partial charge in [0, 0.05) is 18.3 Å². The average molecular weight is 361 g/mol. The minimum Gasteiger partial charge on any atom is -0.462 e. The summed E-state index contributed by atoms with van der Waals surface area (Å²) in [5.74, 6) is 0.260. The molecule has 1 aliphatic heterocycles. The highest BCUT2D eigenvalue weighted by Gasteiger charge is 2.43. The number of hydrogen-bond donors (Lipinski definition) is 4. The molecule has 0 radical (unpaired) electrons. The molecule has 0 unspecified atom stereocenters. The van der Waals surface area contributed by atoms with Crippen LogP contribution in [-0.4, -0.2) is 67.4 Å². The lowest BCUT2D eigenvalue weighted by Crippen LogP contribution is -2.58. The molecular formula is C17H19N3O6. The van der Waals surface area contributed by atoms with Gasteiger partial charge in [0.2, 0.25) is 6.29 Å². The summed E-state index contributed by atoms with van der Waals surface area (Å²) in [6.45, 7) is 1.56. The number of ether oxygens (including phenoxy) is 2. The average Bonchev–Trinajstić information content (AvgIpc) is 2.65. The number of oxime groups is 1. The van der Waals surface area contributed by atoms with Gasteiger partial charge < -0.3 is 30.0 Å². The van der Waals surface area contributed by atoms with Gasteiger partial charge in [0.1, 0.15) is 24.1 Å². The van der Waals surface area contributed by atoms with Crippen LogP contribution in [0.4, 0.5) is 0 Å². The Balaban J connectivity index is 1.91. The van der Waals surface area contributed by atoms with E-state index in [0.29, 0.717) is 17.1 Å². The van der Waals surface area contributed by atoms with Crippen molar-refractivity contribution in [2.75, 3.05) is 0 Å². The van der Waals surface area contributed by atoms with Crippen molar-refractivity contribution >= 4 is 6.21 Å². The molecule has 138 valence electrons. The minimum absolute atomic E-state index is 0.260. The van der Waals surface area contributed by atoms with E-state index in [1.54, 1.807) is 37.4 Å². The van der Waals surface area contributed by atoms with E-state index in [4.69, 9.17) is 14.7 Å². The van der Waals surface area contributed by atoms with Crippen LogP contribution in [0.15, 0.2) is 41.7 Å². The fraction of sp³-hybridized carbons (Fsp3) is 0.353. The predicted octanol–water partition coefficient (Wildman–Crippen LogP) is 0.158. The zero-order valence-corrected chi connectivity index (χ0v) is 13.9. The molecule has 0 aromatic carbocycles. The molecule has 9 heteroatoms. The summed E-state index contributed by atoms with van der Waals surface area (Å²) in [5, 5.41) is 41.5. The monoisotopic (exact) mass is 361 g/mol. The Bertz CT molecular complexity index is 772. The zero-order chi connectivity index (χ0) is 18.7. The molecular weight excluding hydrogens is 342 g/mol. The number of rotatable bonds is 4. The van der Waals surface area contributed by atoms with Crippen molar-refractivity contribution in [2.45, 2.75) is 37.6 Å². The third-order valence-corrected chi connectivity index (χ3v) is 4.00. The molecule has 1 aliphatic rings. The van der Waals surface area contributed by atoms with Gasteiger partial charge in [-0.15, -0.1) is 0 Å². The van der Waals surface area contributed by atoms with Crippen molar-refractivity contribution in [3.05, 3.63) is 42.2 Å². The van der Waals surface area contributed by atoms with Crippen LogP contribution in [0.1, 0.15) is 12.6 Å². The third-order valence-electron chi connectivity index (χ3n) is 4.00. The van der Waals surface area contributed by atoms with E-state index < -0.39 is 30.7 Å². The number of hydrogen-bond acceptors (Lipinski definition) is 9. The first-order valence-corrected chi connectivity index (χ1v) is 7.97. The fourth-order valence-electron chi connectivity index (χ4n) is 2.61. The van der Waals surface area contributed by atoms with Gasteiger partial charge >= 0.3 is 0 Å². The van der Waals surface area contributed by atoms with Crippen molar-refractivity contribution in [3.63, 3.8) is 0 Å². The van der Waals surface area contributed by atoms with Gasteiger partial charge in [-0.3, -0.25) is 4.98 Å². The summed E-state index contributed by atoms with van der Waals surface area (Å²) in [4.78, 5) is 8.51. The molecule has 5 atom stereocenters. The molecule has 2 aromatic rings. The van der Waals surface area contributed by atoms with Crippen LogP contribution >= 0.6 is 0 Å². The van der Waals surface area contributed by atoms with E-state index in [1.807, 2.05) is 0 Å². The molecule has 26 heavy (non-hydrogen) atoms. The highest BCUT2D eigenvalue weighted by molar-refractivity contribution is 5.78. The SMILES string of the molecule is C[C@@H]1O[C@@H](Oc2cc(/C=N/O)nc(-c3ccccn3)c2)[C@H](O)[C@H](O)[C@H]1O. The Morgan fingerprint density at radius 2 is 1.92 bits per heavy atom. The second kappa shape index (κ2) is 7.75. The smallest absolute Gasteiger partial charge is 0.229 e. The van der Waals surface area contributed by atoms with Gasteiger partial charge in [-0.25, -0.2) is 4.98 Å². The van der Waals surface area contributed by atoms with Gasteiger partial charge in [-0.1, -0.05) is 11.2 Å². The first kappa shape index (κ1) is 18.2. The summed E-state index contributed by atoms with van der Waals surface area (Å²) in [6, 6.07) is 8.37. The maximum atomic E-state index is 10.1. The van der Waals surface area contributed by atoms with Crippen LogP contribution in [0.2, 0.25) is 0 Å². The normalized spacial score (nSPS) is 29.0. The number of aliphatic hydroxyl groups is 3. The Morgan fingerprint density at radius 1 is 1.12 bits per heavy atom. The van der Waals surface area contributed by atoms with Crippen molar-refractivity contribution in [2.24, 2.45) is 5.16 Å². The zero-order valence-electron chi connectivity index (χ0n) is 13.9. The van der Waals surface area contributed by atoms with Gasteiger partial charge in [-0.2, -0.15) is 0 Å². The number of nitrogens with zero attached hydrogens (tertiary/aromatic N) is 3. The van der Waals surface area contributed by atoms with Crippen molar-refractivity contribution in [1.29, 1.82) is 0 Å². The largest absolute Gasteiger partial charge is 0.462 e. The maximum Gasteiger partial charge on any atom is 0.229 e. The van der Waals surface area contributed by atoms with Crippen molar-refractivity contribution in [3.8, 4) is 17.1 Å². The molecule has 4 N–H and O–H groups in total. The molecule has 1 saturated heterocycles. The lowest BCUT2D eigenvalue weighted by Gasteiger charge is -2.38. The van der Waals surface area contributed by atoms with E-state index in [9.17, 15) is 15.3 Å². The second-order valence-electron chi connectivity index (χ2n) is 5.87. The molecule has 0 spiro atoms. The molecule has 3 rings (SSSR count). The first-order chi connectivity index (χ1) is 12.5. The van der Waals surface area contributed by atoms with Crippen LogP contribution in [0, 0.1) is 0 Å². The molecule has 9 nitrogen and oxygen atoms in total. The summed E-state index contributed by atoms with van der Waals surface area (Å²) >= 11 is 0. The van der Waals surface area contributed by atoms with Crippen LogP contribution < -0.4 is 4.74 Å². The van der Waals surface area contributed by atoms with Crippen molar-refractivity contribution < 1.29 is 30.0 Å². The van der Waals surface area contributed by atoms with Gasteiger partial charge in [0.05, 0.1) is 29.4 Å². The number of pyridine rings is 2. The predicted molar refractivity (Wildman–Crippen MR) is 89.8 cm³/mol. The van der Waals surface area contributed by atoms with E-state index in [0.717, 1.165) is 6.21 Å². The van der Waals surface area contributed by atoms with Gasteiger partial charge in [-0.05, 0) is 19.1 Å². The second-order valence-corrected chi connectivity index (χ2v) is 5.87. The standard InChI is InChI=1S/C17H19N3O6/c1-9-14(21)15(22)16(23)17(25-9)26-11-6-10(8-19-24)20-13(7-11)12-4-2-3-5-18-12/h2-9,14-17,21-24H,1H3/b19-8+/t9-,14-,15+,16+,17-/m0/s1. The molecule has 1 fully saturated rings. The third kappa shape index (κ3) is 3.81. The summed E-state index contributed by atoms with van der Waals surface area (Å²) in [6.07, 6.45) is -3.25. The highest BCUT2D eigenvalue weighted by atomic mass is 16.7. The number of aromatic nitrogens is 2. The highest BCUT2D eigenvalue weighted by Crippen LogP contribution is 2.27. The number of aliphatic hydroxyl groups excluding tert-OH is 3. The topological polar surface area (TPSA) is 138 Å². The Hall–Kier alpha value is -2.59. The van der Waals surface area contributed by atoms with E-state index in [-0.39, 0.29) is 5.75 Å². The fourth-order valence-corrected chi connectivity index (χ4v) is 2.61. The summed E-state index contributed by atoms with van der Waals surface area (Å²) in [7, 11) is 0. The lowest BCUT2D eigenvalue weighted by molar-refractivity contribution is -0.268. The lowest BCUT2D eigenvalue weighted by atomic mass is 10.00. The Kier molecular flexibility index (Phi) is 5.43. The van der Waals surface area contributed by atoms with Crippen LogP contribution in [0.25, 0.3) is 11.4 Å². The molecule has 2 aromatic heterocycles. The molecule has 3 heterocycles. The summed E-state index contributed by atoms with van der Waals surface area (Å²) in [5.41, 5.74) is 1.32. The molecule has 0 amide bonds. The summed E-state index contributed by atoms with van der Waals surface area (Å²) < 4.78 is 11.1. The van der Waals surface area contributed by atoms with Crippen LogP contribution in [0.3, 0.4) is 0 Å². The van der Waals surface area contributed by atoms with E-state index in [1.165, 1.54) is 6.07 Å². The van der Waals surface area contributed by atoms with Crippen LogP contribution in [-0.2, 0) is 4.74 Å². The van der Waals surface area contributed by atoms with Crippen molar-refractivity contribution in [1.82, 2.24) is 9.97 Å². The Morgan fingerprint density at radius 3 is 2.62 bits per heavy atom. The molecule has 0 aliphatic carbocycles. The van der Waals surface area contributed by atoms with Gasteiger partial charge in [0.25, 0.3) is 0 Å². The maximum absolute atomic E-state index is 10.1. The Labute approximate surface area is 149 Å². The quantitative estimate of drug-likeness (QED) is 0.343. The minimum atomic E-state index is -1.44. The molecule has 0 saturated carbocycles. The van der Waals surface area contributed by atoms with Gasteiger partial charge in [0.15, 0.2) is 0 Å². The van der Waals surface area contributed by atoms with E-state index >= 15 is 0 Å². The van der Waals surface area contributed by atoms with E-state index in [2.05, 4.69) is 15.1 Å². The molecule has 0 bridgehead atoms.